The molecule has 0 saturated carbocycles. The number of rotatable bonds is 7. The second kappa shape index (κ2) is 10.7. The zero-order chi connectivity index (χ0) is 24.1. The lowest BCUT2D eigenvalue weighted by molar-refractivity contribution is 0.0939. The van der Waals surface area contributed by atoms with Crippen LogP contribution in [0.1, 0.15) is 47.3 Å². The molecule has 1 atom stereocenters. The van der Waals surface area contributed by atoms with Crippen molar-refractivity contribution in [2.75, 3.05) is 13.1 Å². The van der Waals surface area contributed by atoms with Gasteiger partial charge in [-0.25, -0.2) is 8.42 Å². The molecule has 6 nitrogen and oxygen atoms in total. The van der Waals surface area contributed by atoms with Crippen LogP contribution < -0.4 is 5.32 Å². The molecule has 1 N–H and O–H groups in total. The third-order valence-corrected chi connectivity index (χ3v) is 8.69. The number of hydrogen-bond acceptors (Lipinski definition) is 4. The Morgan fingerprint density at radius 1 is 1.09 bits per heavy atom. The van der Waals surface area contributed by atoms with E-state index in [9.17, 15) is 13.2 Å². The SMILES string of the molecule is CC(NC(=O)c1ccc(Cl)c(S(=O)(=O)N2CCC(Cc3ccccc3)CC2)c1)c1ccncc1. The van der Waals surface area contributed by atoms with E-state index in [0.717, 1.165) is 24.8 Å². The summed E-state index contributed by atoms with van der Waals surface area (Å²) in [4.78, 5) is 16.8. The number of pyridine rings is 1. The third kappa shape index (κ3) is 5.66. The summed E-state index contributed by atoms with van der Waals surface area (Å²) in [6.45, 7) is 2.73. The van der Waals surface area contributed by atoms with E-state index in [-0.39, 0.29) is 27.4 Å². The van der Waals surface area contributed by atoms with Crippen LogP contribution in [0, 0.1) is 5.92 Å². The van der Waals surface area contributed by atoms with Crippen LogP contribution in [0.15, 0.2) is 78.0 Å². The summed E-state index contributed by atoms with van der Waals surface area (Å²) in [5.74, 6) is 0.0788. The summed E-state index contributed by atoms with van der Waals surface area (Å²) >= 11 is 6.30. The van der Waals surface area contributed by atoms with Gasteiger partial charge in [-0.3, -0.25) is 9.78 Å². The summed E-state index contributed by atoms with van der Waals surface area (Å²) in [6.07, 6.45) is 5.84. The van der Waals surface area contributed by atoms with Gasteiger partial charge in [-0.1, -0.05) is 41.9 Å². The van der Waals surface area contributed by atoms with E-state index in [4.69, 9.17) is 11.6 Å². The predicted octanol–water partition coefficient (Wildman–Crippen LogP) is 4.87. The van der Waals surface area contributed by atoms with Gasteiger partial charge in [-0.2, -0.15) is 4.31 Å². The zero-order valence-corrected chi connectivity index (χ0v) is 20.6. The topological polar surface area (TPSA) is 79.4 Å². The highest BCUT2D eigenvalue weighted by molar-refractivity contribution is 7.89. The van der Waals surface area contributed by atoms with Crippen LogP contribution in [0.2, 0.25) is 5.02 Å². The van der Waals surface area contributed by atoms with Gasteiger partial charge < -0.3 is 5.32 Å². The van der Waals surface area contributed by atoms with Crippen molar-refractivity contribution < 1.29 is 13.2 Å². The van der Waals surface area contributed by atoms with Crippen molar-refractivity contribution in [1.29, 1.82) is 0 Å². The molecule has 34 heavy (non-hydrogen) atoms. The van der Waals surface area contributed by atoms with Crippen molar-refractivity contribution >= 4 is 27.5 Å². The lowest BCUT2D eigenvalue weighted by atomic mass is 9.91. The van der Waals surface area contributed by atoms with Crippen molar-refractivity contribution in [2.45, 2.75) is 37.1 Å². The first-order valence-corrected chi connectivity index (χ1v) is 13.2. The molecule has 1 aliphatic heterocycles. The first-order valence-electron chi connectivity index (χ1n) is 11.4. The normalized spacial score (nSPS) is 16.2. The van der Waals surface area contributed by atoms with Gasteiger partial charge in [0.2, 0.25) is 10.0 Å². The highest BCUT2D eigenvalue weighted by Crippen LogP contribution is 2.30. The molecule has 1 aromatic heterocycles. The largest absolute Gasteiger partial charge is 0.346 e. The Hall–Kier alpha value is -2.74. The molecule has 178 valence electrons. The van der Waals surface area contributed by atoms with Gasteiger partial charge in [0.25, 0.3) is 5.91 Å². The molecule has 2 heterocycles. The summed E-state index contributed by atoms with van der Waals surface area (Å²) in [6, 6.07) is 18.0. The molecule has 0 radical (unpaired) electrons. The van der Waals surface area contributed by atoms with Crippen LogP contribution in [-0.4, -0.2) is 36.7 Å². The van der Waals surface area contributed by atoms with Gasteiger partial charge in [-0.15, -0.1) is 0 Å². The average molecular weight is 498 g/mol. The van der Waals surface area contributed by atoms with E-state index in [0.29, 0.717) is 19.0 Å². The number of piperidine rings is 1. The maximum atomic E-state index is 13.4. The fraction of sp³-hybridized carbons (Fsp3) is 0.308. The molecule has 1 aliphatic rings. The first kappa shape index (κ1) is 24.4. The van der Waals surface area contributed by atoms with E-state index < -0.39 is 10.0 Å². The van der Waals surface area contributed by atoms with Crippen molar-refractivity contribution in [1.82, 2.24) is 14.6 Å². The minimum Gasteiger partial charge on any atom is -0.346 e. The Bertz CT molecular complexity index is 1230. The molecule has 1 unspecified atom stereocenters. The maximum Gasteiger partial charge on any atom is 0.251 e. The Morgan fingerprint density at radius 2 is 1.76 bits per heavy atom. The molecule has 8 heteroatoms. The fourth-order valence-electron chi connectivity index (χ4n) is 4.30. The van der Waals surface area contributed by atoms with Crippen LogP contribution in [0.5, 0.6) is 0 Å². The van der Waals surface area contributed by atoms with E-state index in [1.807, 2.05) is 37.3 Å². The van der Waals surface area contributed by atoms with Gasteiger partial charge in [-0.05, 0) is 73.6 Å². The number of sulfonamides is 1. The van der Waals surface area contributed by atoms with E-state index >= 15 is 0 Å². The second-order valence-corrected chi connectivity index (χ2v) is 11.0. The molecular weight excluding hydrogens is 470 g/mol. The van der Waals surface area contributed by atoms with Gasteiger partial charge in [0.1, 0.15) is 4.90 Å². The van der Waals surface area contributed by atoms with Crippen LogP contribution in [0.3, 0.4) is 0 Å². The fourth-order valence-corrected chi connectivity index (χ4v) is 6.27. The molecule has 1 amide bonds. The van der Waals surface area contributed by atoms with E-state index in [1.54, 1.807) is 18.5 Å². The third-order valence-electron chi connectivity index (χ3n) is 6.31. The average Bonchev–Trinajstić information content (AvgIpc) is 2.85. The lowest BCUT2D eigenvalue weighted by Crippen LogP contribution is -2.39. The number of hydrogen-bond donors (Lipinski definition) is 1. The molecule has 3 aromatic rings. The number of amides is 1. The number of benzene rings is 2. The Morgan fingerprint density at radius 3 is 2.44 bits per heavy atom. The predicted molar refractivity (Wildman–Crippen MR) is 133 cm³/mol. The molecule has 2 aromatic carbocycles. The molecule has 0 spiro atoms. The van der Waals surface area contributed by atoms with Crippen molar-refractivity contribution in [2.24, 2.45) is 5.92 Å². The lowest BCUT2D eigenvalue weighted by Gasteiger charge is -2.31. The molecule has 0 aliphatic carbocycles. The quantitative estimate of drug-likeness (QED) is 0.505. The Kier molecular flexibility index (Phi) is 7.66. The highest BCUT2D eigenvalue weighted by atomic mass is 35.5. The highest BCUT2D eigenvalue weighted by Gasteiger charge is 2.31. The van der Waals surface area contributed by atoms with E-state index in [2.05, 4.69) is 22.4 Å². The van der Waals surface area contributed by atoms with Crippen molar-refractivity contribution in [3.05, 3.63) is 94.8 Å². The first-order chi connectivity index (χ1) is 16.3. The summed E-state index contributed by atoms with van der Waals surface area (Å²) < 4.78 is 28.3. The smallest absolute Gasteiger partial charge is 0.251 e. The molecule has 0 bridgehead atoms. The molecule has 1 saturated heterocycles. The van der Waals surface area contributed by atoms with Gasteiger partial charge in [0.15, 0.2) is 0 Å². The van der Waals surface area contributed by atoms with Crippen LogP contribution in [-0.2, 0) is 16.4 Å². The number of nitrogens with one attached hydrogen (secondary N) is 1. The number of nitrogens with zero attached hydrogens (tertiary/aromatic N) is 2. The number of aromatic nitrogens is 1. The van der Waals surface area contributed by atoms with Crippen molar-refractivity contribution in [3.8, 4) is 0 Å². The Labute approximate surface area is 206 Å². The van der Waals surface area contributed by atoms with Crippen LogP contribution in [0.25, 0.3) is 0 Å². The van der Waals surface area contributed by atoms with Gasteiger partial charge in [0, 0.05) is 31.0 Å². The molecular formula is C26H28ClN3O3S. The minimum atomic E-state index is -3.81. The van der Waals surface area contributed by atoms with Crippen molar-refractivity contribution in [3.63, 3.8) is 0 Å². The summed E-state index contributed by atoms with van der Waals surface area (Å²) in [5.41, 5.74) is 2.43. The minimum absolute atomic E-state index is 0.0279. The zero-order valence-electron chi connectivity index (χ0n) is 19.0. The van der Waals surface area contributed by atoms with Crippen LogP contribution >= 0.6 is 11.6 Å². The number of carbonyl (C=O) groups excluding carboxylic acids is 1. The van der Waals surface area contributed by atoms with Gasteiger partial charge in [0.05, 0.1) is 11.1 Å². The van der Waals surface area contributed by atoms with E-state index in [1.165, 1.54) is 22.0 Å². The molecule has 1 fully saturated rings. The maximum absolute atomic E-state index is 13.4. The number of halogens is 1. The van der Waals surface area contributed by atoms with Gasteiger partial charge >= 0.3 is 0 Å². The Balaban J connectivity index is 1.45. The molecule has 4 rings (SSSR count). The second-order valence-electron chi connectivity index (χ2n) is 8.66. The number of carbonyl (C=O) groups is 1. The standard InChI is InChI=1S/C26H28ClN3O3S/c1-19(22-9-13-28-14-10-22)29-26(31)23-7-8-24(27)25(18-23)34(32,33)30-15-11-21(12-16-30)17-20-5-3-2-4-6-20/h2-10,13-14,18-19,21H,11-12,15-17H2,1H3,(H,29,31). The van der Waals surface area contributed by atoms with Crippen LogP contribution in [0.4, 0.5) is 0 Å². The monoisotopic (exact) mass is 497 g/mol. The summed E-state index contributed by atoms with van der Waals surface area (Å²) in [7, 11) is -3.81. The summed E-state index contributed by atoms with van der Waals surface area (Å²) in [5, 5.41) is 3.02.